The van der Waals surface area contributed by atoms with Gasteiger partial charge >= 0.3 is 0 Å². The molecule has 4 nitrogen and oxygen atoms in total. The van der Waals surface area contributed by atoms with Gasteiger partial charge in [-0.25, -0.2) is 0 Å². The van der Waals surface area contributed by atoms with E-state index in [0.29, 0.717) is 24.1 Å². The van der Waals surface area contributed by atoms with Gasteiger partial charge in [0.15, 0.2) is 0 Å². The smallest absolute Gasteiger partial charge is 0.124 e. The predicted molar refractivity (Wildman–Crippen MR) is 106 cm³/mol. The Labute approximate surface area is 159 Å². The Morgan fingerprint density at radius 3 is 2.69 bits per heavy atom. The molecule has 0 aliphatic heterocycles. The van der Waals surface area contributed by atoms with Gasteiger partial charge in [0, 0.05) is 16.0 Å². The second-order valence-electron chi connectivity index (χ2n) is 6.60. The second kappa shape index (κ2) is 8.56. The van der Waals surface area contributed by atoms with Crippen LogP contribution in [0.15, 0.2) is 42.6 Å². The molecule has 0 bridgehead atoms. The van der Waals surface area contributed by atoms with E-state index in [-0.39, 0.29) is 6.61 Å². The Balaban J connectivity index is 1.88. The summed E-state index contributed by atoms with van der Waals surface area (Å²) in [6, 6.07) is 11.6. The van der Waals surface area contributed by atoms with Gasteiger partial charge in [-0.2, -0.15) is 5.10 Å². The zero-order chi connectivity index (χ0) is 18.5. The van der Waals surface area contributed by atoms with Crippen LogP contribution in [0.3, 0.4) is 0 Å². The molecule has 138 valence electrons. The van der Waals surface area contributed by atoms with E-state index in [4.69, 9.17) is 16.3 Å². The van der Waals surface area contributed by atoms with Crippen molar-refractivity contribution in [3.8, 4) is 5.75 Å². The molecule has 2 aromatic carbocycles. The van der Waals surface area contributed by atoms with Crippen molar-refractivity contribution in [2.24, 2.45) is 5.92 Å². The Morgan fingerprint density at radius 1 is 1.15 bits per heavy atom. The van der Waals surface area contributed by atoms with Crippen LogP contribution in [0.5, 0.6) is 5.75 Å². The zero-order valence-corrected chi connectivity index (χ0v) is 16.0. The molecule has 3 aromatic rings. The molecule has 0 saturated carbocycles. The summed E-state index contributed by atoms with van der Waals surface area (Å²) in [6.45, 7) is 5.67. The summed E-state index contributed by atoms with van der Waals surface area (Å²) in [6.07, 6.45) is 4.05. The average molecular weight is 373 g/mol. The number of hydrogen-bond acceptors (Lipinski definition) is 3. The largest absolute Gasteiger partial charge is 0.493 e. The lowest BCUT2D eigenvalue weighted by Crippen LogP contribution is -2.12. The number of hydrogen-bond donors (Lipinski definition) is 1. The van der Waals surface area contributed by atoms with E-state index < -0.39 is 0 Å². The first-order valence-electron chi connectivity index (χ1n) is 9.11. The molecule has 0 unspecified atom stereocenters. The van der Waals surface area contributed by atoms with Crippen LogP contribution in [0.4, 0.5) is 0 Å². The maximum absolute atomic E-state index is 9.40. The fraction of sp³-hybridized carbons (Fsp3) is 0.381. The molecule has 5 heteroatoms. The first-order chi connectivity index (χ1) is 12.6. The van der Waals surface area contributed by atoms with E-state index in [2.05, 4.69) is 18.9 Å². The van der Waals surface area contributed by atoms with Crippen molar-refractivity contribution in [1.82, 2.24) is 9.78 Å². The maximum atomic E-state index is 9.40. The first-order valence-corrected chi connectivity index (χ1v) is 9.48. The monoisotopic (exact) mass is 372 g/mol. The van der Waals surface area contributed by atoms with Crippen molar-refractivity contribution in [2.75, 3.05) is 6.61 Å². The summed E-state index contributed by atoms with van der Waals surface area (Å²) < 4.78 is 8.02. The van der Waals surface area contributed by atoms with Crippen molar-refractivity contribution in [3.63, 3.8) is 0 Å². The normalized spacial score (nSPS) is 11.4. The van der Waals surface area contributed by atoms with E-state index in [0.717, 1.165) is 40.6 Å². The van der Waals surface area contributed by atoms with Gasteiger partial charge in [0.25, 0.3) is 0 Å². The Kier molecular flexibility index (Phi) is 6.17. The number of aliphatic hydroxyl groups excluding tert-OH is 1. The van der Waals surface area contributed by atoms with Crippen molar-refractivity contribution in [2.45, 2.75) is 39.8 Å². The summed E-state index contributed by atoms with van der Waals surface area (Å²) in [5.74, 6) is 1.40. The van der Waals surface area contributed by atoms with Gasteiger partial charge in [-0.15, -0.1) is 0 Å². The summed E-state index contributed by atoms with van der Waals surface area (Å²) >= 11 is 6.22. The molecule has 0 radical (unpaired) electrons. The minimum Gasteiger partial charge on any atom is -0.493 e. The number of nitrogens with zero attached hydrogens (tertiary/aromatic N) is 2. The number of aliphatic hydroxyl groups is 1. The molecular formula is C21H25ClN2O2. The molecule has 0 aliphatic carbocycles. The molecular weight excluding hydrogens is 348 g/mol. The molecule has 0 fully saturated rings. The average Bonchev–Trinajstić information content (AvgIpc) is 3.06. The van der Waals surface area contributed by atoms with Crippen LogP contribution in [0.25, 0.3) is 10.9 Å². The summed E-state index contributed by atoms with van der Waals surface area (Å²) in [5, 5.41) is 15.6. The fourth-order valence-corrected chi connectivity index (χ4v) is 3.24. The summed E-state index contributed by atoms with van der Waals surface area (Å²) in [7, 11) is 0. The number of benzene rings is 2. The van der Waals surface area contributed by atoms with Gasteiger partial charge in [0.2, 0.25) is 0 Å². The first kappa shape index (κ1) is 18.7. The van der Waals surface area contributed by atoms with Gasteiger partial charge in [-0.1, -0.05) is 50.4 Å². The van der Waals surface area contributed by atoms with Crippen molar-refractivity contribution >= 4 is 22.5 Å². The molecule has 0 spiro atoms. The van der Waals surface area contributed by atoms with Gasteiger partial charge in [-0.3, -0.25) is 4.68 Å². The highest BCUT2D eigenvalue weighted by Crippen LogP contribution is 2.26. The molecule has 1 aromatic heterocycles. The van der Waals surface area contributed by atoms with E-state index in [1.54, 1.807) is 0 Å². The topological polar surface area (TPSA) is 47.3 Å². The van der Waals surface area contributed by atoms with E-state index in [9.17, 15) is 5.11 Å². The second-order valence-corrected chi connectivity index (χ2v) is 7.04. The highest BCUT2D eigenvalue weighted by atomic mass is 35.5. The van der Waals surface area contributed by atoms with Gasteiger partial charge < -0.3 is 9.84 Å². The lowest BCUT2D eigenvalue weighted by Gasteiger charge is -2.17. The predicted octanol–water partition coefficient (Wildman–Crippen LogP) is 5.05. The molecule has 26 heavy (non-hydrogen) atoms. The number of fused-ring (bicyclic) bond motifs is 1. The summed E-state index contributed by atoms with van der Waals surface area (Å²) in [4.78, 5) is 0. The number of halogens is 1. The molecule has 0 amide bonds. The van der Waals surface area contributed by atoms with Crippen LogP contribution in [-0.2, 0) is 13.2 Å². The van der Waals surface area contributed by atoms with Crippen LogP contribution >= 0.6 is 11.6 Å². The lowest BCUT2D eigenvalue weighted by molar-refractivity contribution is 0.238. The minimum atomic E-state index is 0.0159. The highest BCUT2D eigenvalue weighted by molar-refractivity contribution is 6.30. The standard InChI is InChI=1S/C21H25ClN2O2/c1-3-15(4-2)14-26-21-8-7-19(22)10-18(21)12-24-20-9-16(13-25)5-6-17(20)11-23-24/h5-11,15,25H,3-4,12-14H2,1-2H3. The molecule has 1 heterocycles. The van der Waals surface area contributed by atoms with Crippen LogP contribution in [0.2, 0.25) is 5.02 Å². The fourth-order valence-electron chi connectivity index (χ4n) is 3.05. The summed E-state index contributed by atoms with van der Waals surface area (Å²) in [5.41, 5.74) is 2.86. The third kappa shape index (κ3) is 4.19. The molecule has 0 atom stereocenters. The minimum absolute atomic E-state index is 0.0159. The third-order valence-corrected chi connectivity index (χ3v) is 5.10. The molecule has 0 aliphatic rings. The van der Waals surface area contributed by atoms with Gasteiger partial charge in [-0.05, 0) is 35.7 Å². The third-order valence-electron chi connectivity index (χ3n) is 4.86. The van der Waals surface area contributed by atoms with Crippen LogP contribution in [0, 0.1) is 5.92 Å². The zero-order valence-electron chi connectivity index (χ0n) is 15.3. The van der Waals surface area contributed by atoms with Crippen molar-refractivity contribution < 1.29 is 9.84 Å². The molecule has 1 N–H and O–H groups in total. The van der Waals surface area contributed by atoms with Crippen LogP contribution < -0.4 is 4.74 Å². The Hall–Kier alpha value is -2.04. The van der Waals surface area contributed by atoms with E-state index >= 15 is 0 Å². The quantitative estimate of drug-likeness (QED) is 0.602. The number of aromatic nitrogens is 2. The molecule has 3 rings (SSSR count). The Bertz CT molecular complexity index is 872. The van der Waals surface area contributed by atoms with Crippen LogP contribution in [-0.4, -0.2) is 21.5 Å². The number of rotatable bonds is 8. The molecule has 0 saturated heterocycles. The number of ether oxygens (including phenoxy) is 1. The lowest BCUT2D eigenvalue weighted by atomic mass is 10.1. The highest BCUT2D eigenvalue weighted by Gasteiger charge is 2.11. The van der Waals surface area contributed by atoms with E-state index in [1.165, 1.54) is 0 Å². The van der Waals surface area contributed by atoms with E-state index in [1.807, 2.05) is 47.3 Å². The van der Waals surface area contributed by atoms with Gasteiger partial charge in [0.1, 0.15) is 5.75 Å². The van der Waals surface area contributed by atoms with Gasteiger partial charge in [0.05, 0.1) is 31.5 Å². The Morgan fingerprint density at radius 2 is 1.96 bits per heavy atom. The van der Waals surface area contributed by atoms with Crippen molar-refractivity contribution in [1.29, 1.82) is 0 Å². The van der Waals surface area contributed by atoms with Crippen molar-refractivity contribution in [3.05, 3.63) is 58.7 Å². The van der Waals surface area contributed by atoms with Crippen LogP contribution in [0.1, 0.15) is 37.8 Å². The SMILES string of the molecule is CCC(CC)COc1ccc(Cl)cc1Cn1ncc2ccc(CO)cc21. The maximum Gasteiger partial charge on any atom is 0.124 e.